The monoisotopic (exact) mass is 286 g/mol. The van der Waals surface area contributed by atoms with Crippen molar-refractivity contribution >= 4 is 0 Å². The molecule has 1 aromatic rings. The van der Waals surface area contributed by atoms with Crippen molar-refractivity contribution in [1.82, 2.24) is 10.2 Å². The minimum Gasteiger partial charge on any atom is -0.311 e. The standard InChI is InChI=1S/C15H21F3N2/c16-15(17,18)14-7-3-2-6-13(14)12-19-8-11-20-9-4-1-5-10-20/h2-3,6-7,19H,1,4-5,8-12H2. The lowest BCUT2D eigenvalue weighted by atomic mass is 10.1. The molecular weight excluding hydrogens is 265 g/mol. The van der Waals surface area contributed by atoms with E-state index >= 15 is 0 Å². The number of alkyl halides is 3. The van der Waals surface area contributed by atoms with Crippen LogP contribution < -0.4 is 5.32 Å². The van der Waals surface area contributed by atoms with Crippen LogP contribution in [0.25, 0.3) is 0 Å². The number of benzene rings is 1. The van der Waals surface area contributed by atoms with Gasteiger partial charge < -0.3 is 10.2 Å². The molecule has 1 N–H and O–H groups in total. The van der Waals surface area contributed by atoms with Gasteiger partial charge in [0.05, 0.1) is 5.56 Å². The molecule has 1 aromatic carbocycles. The number of likely N-dealkylation sites (tertiary alicyclic amines) is 1. The third-order valence-electron chi connectivity index (χ3n) is 3.69. The van der Waals surface area contributed by atoms with E-state index in [1.165, 1.54) is 31.4 Å². The number of piperidine rings is 1. The third kappa shape index (κ3) is 4.49. The molecule has 0 unspecified atom stereocenters. The highest BCUT2D eigenvalue weighted by Crippen LogP contribution is 2.31. The Bertz CT molecular complexity index is 412. The molecule has 1 fully saturated rings. The van der Waals surface area contributed by atoms with E-state index < -0.39 is 11.7 Å². The molecule has 0 saturated carbocycles. The number of rotatable bonds is 5. The number of hydrogen-bond acceptors (Lipinski definition) is 2. The average molecular weight is 286 g/mol. The van der Waals surface area contributed by atoms with Crippen LogP contribution >= 0.6 is 0 Å². The summed E-state index contributed by atoms with van der Waals surface area (Å²) in [5.41, 5.74) is -0.218. The Morgan fingerprint density at radius 3 is 2.45 bits per heavy atom. The van der Waals surface area contributed by atoms with E-state index in [1.54, 1.807) is 6.07 Å². The maximum Gasteiger partial charge on any atom is 0.416 e. The van der Waals surface area contributed by atoms with Crippen molar-refractivity contribution in [1.29, 1.82) is 0 Å². The van der Waals surface area contributed by atoms with Crippen LogP contribution in [0.3, 0.4) is 0 Å². The first-order valence-electron chi connectivity index (χ1n) is 7.15. The van der Waals surface area contributed by atoms with Crippen molar-refractivity contribution < 1.29 is 13.2 Å². The van der Waals surface area contributed by atoms with Gasteiger partial charge in [-0.3, -0.25) is 0 Å². The highest BCUT2D eigenvalue weighted by atomic mass is 19.4. The van der Waals surface area contributed by atoms with E-state index in [2.05, 4.69) is 10.2 Å². The number of hydrogen-bond donors (Lipinski definition) is 1. The van der Waals surface area contributed by atoms with Crippen LogP contribution in [0.15, 0.2) is 24.3 Å². The molecule has 0 bridgehead atoms. The lowest BCUT2D eigenvalue weighted by molar-refractivity contribution is -0.138. The minimum atomic E-state index is -4.27. The number of halogens is 3. The second-order valence-electron chi connectivity index (χ2n) is 5.23. The van der Waals surface area contributed by atoms with Crippen LogP contribution in [0.5, 0.6) is 0 Å². The van der Waals surface area contributed by atoms with Crippen molar-refractivity contribution in [2.45, 2.75) is 32.0 Å². The Morgan fingerprint density at radius 1 is 1.05 bits per heavy atom. The molecule has 2 nitrogen and oxygen atoms in total. The van der Waals surface area contributed by atoms with E-state index in [9.17, 15) is 13.2 Å². The molecule has 1 saturated heterocycles. The molecule has 2 rings (SSSR count). The SMILES string of the molecule is FC(F)(F)c1ccccc1CNCCN1CCCCC1. The summed E-state index contributed by atoms with van der Waals surface area (Å²) >= 11 is 0. The lowest BCUT2D eigenvalue weighted by Crippen LogP contribution is -2.35. The fourth-order valence-corrected chi connectivity index (χ4v) is 2.59. The van der Waals surface area contributed by atoms with Crippen LogP contribution in [-0.4, -0.2) is 31.1 Å². The Labute approximate surface area is 118 Å². The predicted molar refractivity (Wildman–Crippen MR) is 73.4 cm³/mol. The van der Waals surface area contributed by atoms with Gasteiger partial charge in [0, 0.05) is 19.6 Å². The van der Waals surface area contributed by atoms with E-state index in [0.29, 0.717) is 5.56 Å². The van der Waals surface area contributed by atoms with Crippen molar-refractivity contribution in [3.05, 3.63) is 35.4 Å². The van der Waals surface area contributed by atoms with Gasteiger partial charge in [-0.2, -0.15) is 13.2 Å². The van der Waals surface area contributed by atoms with Crippen LogP contribution in [0.2, 0.25) is 0 Å². The van der Waals surface area contributed by atoms with Crippen molar-refractivity contribution in [2.24, 2.45) is 0 Å². The van der Waals surface area contributed by atoms with Gasteiger partial charge >= 0.3 is 6.18 Å². The molecule has 1 aliphatic rings. The number of nitrogens with one attached hydrogen (secondary N) is 1. The lowest BCUT2D eigenvalue weighted by Gasteiger charge is -2.26. The van der Waals surface area contributed by atoms with E-state index in [-0.39, 0.29) is 6.54 Å². The Balaban J connectivity index is 1.79. The van der Waals surface area contributed by atoms with Crippen molar-refractivity contribution in [2.75, 3.05) is 26.2 Å². The zero-order valence-corrected chi connectivity index (χ0v) is 11.5. The van der Waals surface area contributed by atoms with Gasteiger partial charge in [0.1, 0.15) is 0 Å². The van der Waals surface area contributed by atoms with Gasteiger partial charge in [-0.25, -0.2) is 0 Å². The first kappa shape index (κ1) is 15.3. The molecule has 0 atom stereocenters. The highest BCUT2D eigenvalue weighted by molar-refractivity contribution is 5.29. The number of nitrogens with zero attached hydrogens (tertiary/aromatic N) is 1. The van der Waals surface area contributed by atoms with Crippen LogP contribution in [0.1, 0.15) is 30.4 Å². The van der Waals surface area contributed by atoms with Gasteiger partial charge in [0.25, 0.3) is 0 Å². The second kappa shape index (κ2) is 7.09. The molecule has 0 aromatic heterocycles. The second-order valence-corrected chi connectivity index (χ2v) is 5.23. The Kier molecular flexibility index (Phi) is 5.43. The summed E-state index contributed by atoms with van der Waals surface area (Å²) < 4.78 is 38.4. The maximum atomic E-state index is 12.8. The van der Waals surface area contributed by atoms with Gasteiger partial charge in [0.15, 0.2) is 0 Å². The summed E-state index contributed by atoms with van der Waals surface area (Å²) in [6.07, 6.45) is -0.512. The van der Waals surface area contributed by atoms with Crippen LogP contribution in [0.4, 0.5) is 13.2 Å². The van der Waals surface area contributed by atoms with E-state index in [1.807, 2.05) is 0 Å². The summed E-state index contributed by atoms with van der Waals surface area (Å²) in [5.74, 6) is 0. The quantitative estimate of drug-likeness (QED) is 0.836. The third-order valence-corrected chi connectivity index (χ3v) is 3.69. The van der Waals surface area contributed by atoms with Crippen LogP contribution in [0, 0.1) is 0 Å². The van der Waals surface area contributed by atoms with Gasteiger partial charge in [-0.15, -0.1) is 0 Å². The summed E-state index contributed by atoms with van der Waals surface area (Å²) in [6, 6.07) is 5.76. The predicted octanol–water partition coefficient (Wildman–Crippen LogP) is 3.28. The summed E-state index contributed by atoms with van der Waals surface area (Å²) in [6.45, 7) is 4.13. The molecule has 1 heterocycles. The summed E-state index contributed by atoms with van der Waals surface area (Å²) in [5, 5.41) is 3.12. The zero-order valence-electron chi connectivity index (χ0n) is 11.5. The Hall–Kier alpha value is -1.07. The fourth-order valence-electron chi connectivity index (χ4n) is 2.59. The highest BCUT2D eigenvalue weighted by Gasteiger charge is 2.32. The molecule has 0 amide bonds. The smallest absolute Gasteiger partial charge is 0.311 e. The first-order valence-corrected chi connectivity index (χ1v) is 7.15. The summed E-state index contributed by atoms with van der Waals surface area (Å²) in [7, 11) is 0. The maximum absolute atomic E-state index is 12.8. The van der Waals surface area contributed by atoms with Gasteiger partial charge in [-0.05, 0) is 37.6 Å². The molecule has 5 heteroatoms. The molecule has 1 aliphatic heterocycles. The normalized spacial score (nSPS) is 17.4. The Morgan fingerprint density at radius 2 is 1.75 bits per heavy atom. The average Bonchev–Trinajstić information content (AvgIpc) is 2.44. The summed E-state index contributed by atoms with van der Waals surface area (Å²) in [4.78, 5) is 2.37. The fraction of sp³-hybridized carbons (Fsp3) is 0.600. The molecule has 0 aliphatic carbocycles. The molecular formula is C15H21F3N2. The van der Waals surface area contributed by atoms with Gasteiger partial charge in [0.2, 0.25) is 0 Å². The topological polar surface area (TPSA) is 15.3 Å². The molecule has 20 heavy (non-hydrogen) atoms. The van der Waals surface area contributed by atoms with E-state index in [4.69, 9.17) is 0 Å². The minimum absolute atomic E-state index is 0.267. The van der Waals surface area contributed by atoms with Gasteiger partial charge in [-0.1, -0.05) is 24.6 Å². The van der Waals surface area contributed by atoms with Crippen molar-refractivity contribution in [3.63, 3.8) is 0 Å². The zero-order chi connectivity index (χ0) is 14.4. The molecule has 0 radical (unpaired) electrons. The molecule has 112 valence electrons. The van der Waals surface area contributed by atoms with Crippen LogP contribution in [-0.2, 0) is 12.7 Å². The van der Waals surface area contributed by atoms with Crippen molar-refractivity contribution in [3.8, 4) is 0 Å². The van der Waals surface area contributed by atoms with E-state index in [0.717, 1.165) is 32.2 Å². The largest absolute Gasteiger partial charge is 0.416 e. The first-order chi connectivity index (χ1) is 9.57. The molecule has 0 spiro atoms.